The SMILES string of the molecule is Cn1cc(CCNc2cc(Cl)c(F)cc2[N+](=O)[O-])cn1. The van der Waals surface area contributed by atoms with Crippen molar-refractivity contribution in [2.45, 2.75) is 6.42 Å². The maximum atomic E-state index is 13.2. The smallest absolute Gasteiger partial charge is 0.295 e. The summed E-state index contributed by atoms with van der Waals surface area (Å²) in [4.78, 5) is 10.2. The van der Waals surface area contributed by atoms with Crippen LogP contribution in [-0.4, -0.2) is 21.2 Å². The first-order valence-electron chi connectivity index (χ1n) is 5.82. The number of rotatable bonds is 5. The van der Waals surface area contributed by atoms with E-state index in [9.17, 15) is 14.5 Å². The van der Waals surface area contributed by atoms with Gasteiger partial charge in [-0.3, -0.25) is 14.8 Å². The summed E-state index contributed by atoms with van der Waals surface area (Å²) in [6.45, 7) is 0.453. The van der Waals surface area contributed by atoms with Crippen molar-refractivity contribution in [3.05, 3.63) is 51.0 Å². The molecule has 1 aromatic carbocycles. The van der Waals surface area contributed by atoms with Crippen molar-refractivity contribution in [2.24, 2.45) is 7.05 Å². The second kappa shape index (κ2) is 5.87. The quantitative estimate of drug-likeness (QED) is 0.680. The van der Waals surface area contributed by atoms with E-state index < -0.39 is 10.7 Å². The molecule has 0 spiro atoms. The predicted molar refractivity (Wildman–Crippen MR) is 73.5 cm³/mol. The first-order chi connectivity index (χ1) is 9.47. The molecular formula is C12H12ClFN4O2. The fourth-order valence-electron chi connectivity index (χ4n) is 1.77. The number of aromatic nitrogens is 2. The zero-order valence-electron chi connectivity index (χ0n) is 10.6. The van der Waals surface area contributed by atoms with Crippen molar-refractivity contribution in [3.8, 4) is 0 Å². The molecule has 1 aromatic heterocycles. The Morgan fingerprint density at radius 1 is 1.55 bits per heavy atom. The van der Waals surface area contributed by atoms with E-state index in [1.165, 1.54) is 6.07 Å². The maximum Gasteiger partial charge on any atom is 0.295 e. The van der Waals surface area contributed by atoms with Crippen LogP contribution < -0.4 is 5.32 Å². The minimum absolute atomic E-state index is 0.153. The molecular weight excluding hydrogens is 287 g/mol. The van der Waals surface area contributed by atoms with Crippen LogP contribution in [0.1, 0.15) is 5.56 Å². The highest BCUT2D eigenvalue weighted by Crippen LogP contribution is 2.30. The van der Waals surface area contributed by atoms with E-state index in [-0.39, 0.29) is 16.4 Å². The second-order valence-corrected chi connectivity index (χ2v) is 4.65. The van der Waals surface area contributed by atoms with Gasteiger partial charge in [0.25, 0.3) is 5.69 Å². The number of nitro groups is 1. The van der Waals surface area contributed by atoms with Gasteiger partial charge in [-0.1, -0.05) is 11.6 Å². The summed E-state index contributed by atoms with van der Waals surface area (Å²) in [5.74, 6) is -0.809. The highest BCUT2D eigenvalue weighted by Gasteiger charge is 2.17. The molecule has 6 nitrogen and oxygen atoms in total. The normalized spacial score (nSPS) is 10.6. The van der Waals surface area contributed by atoms with E-state index >= 15 is 0 Å². The molecule has 0 atom stereocenters. The van der Waals surface area contributed by atoms with Crippen LogP contribution in [0.4, 0.5) is 15.8 Å². The van der Waals surface area contributed by atoms with Gasteiger partial charge in [-0.25, -0.2) is 4.39 Å². The van der Waals surface area contributed by atoms with Gasteiger partial charge in [-0.2, -0.15) is 5.10 Å². The second-order valence-electron chi connectivity index (χ2n) is 4.24. The minimum Gasteiger partial charge on any atom is -0.379 e. The standard InChI is InChI=1S/C12H12ClFN4O2/c1-17-7-8(6-16-17)2-3-15-11-4-9(13)10(14)5-12(11)18(19)20/h4-7,15H,2-3H2,1H3. The van der Waals surface area contributed by atoms with Crippen molar-refractivity contribution in [2.75, 3.05) is 11.9 Å². The molecule has 0 saturated heterocycles. The fourth-order valence-corrected chi connectivity index (χ4v) is 1.94. The zero-order chi connectivity index (χ0) is 14.7. The molecule has 0 aliphatic heterocycles. The molecule has 1 N–H and O–H groups in total. The summed E-state index contributed by atoms with van der Waals surface area (Å²) >= 11 is 5.64. The summed E-state index contributed by atoms with van der Waals surface area (Å²) in [7, 11) is 1.81. The molecule has 0 bridgehead atoms. The Bertz CT molecular complexity index is 644. The zero-order valence-corrected chi connectivity index (χ0v) is 11.4. The van der Waals surface area contributed by atoms with Crippen LogP contribution in [0.25, 0.3) is 0 Å². The topological polar surface area (TPSA) is 73.0 Å². The van der Waals surface area contributed by atoms with E-state index in [0.29, 0.717) is 13.0 Å². The van der Waals surface area contributed by atoms with Gasteiger partial charge in [0.2, 0.25) is 0 Å². The molecule has 0 fully saturated rings. The van der Waals surface area contributed by atoms with E-state index in [2.05, 4.69) is 10.4 Å². The van der Waals surface area contributed by atoms with E-state index in [0.717, 1.165) is 11.6 Å². The Morgan fingerprint density at radius 2 is 2.30 bits per heavy atom. The molecule has 2 aromatic rings. The third-order valence-corrected chi connectivity index (χ3v) is 3.01. The number of benzene rings is 1. The number of nitro benzene ring substituents is 1. The highest BCUT2D eigenvalue weighted by atomic mass is 35.5. The number of nitrogens with one attached hydrogen (secondary N) is 1. The summed E-state index contributed by atoms with van der Waals surface area (Å²) in [5.41, 5.74) is 0.860. The molecule has 0 amide bonds. The van der Waals surface area contributed by atoms with Crippen molar-refractivity contribution in [1.82, 2.24) is 9.78 Å². The molecule has 2 rings (SSSR count). The molecule has 106 valence electrons. The summed E-state index contributed by atoms with van der Waals surface area (Å²) < 4.78 is 14.9. The van der Waals surface area contributed by atoms with Gasteiger partial charge in [0.05, 0.1) is 22.2 Å². The lowest BCUT2D eigenvalue weighted by molar-refractivity contribution is -0.384. The molecule has 8 heteroatoms. The van der Waals surface area contributed by atoms with Crippen LogP contribution >= 0.6 is 11.6 Å². The van der Waals surface area contributed by atoms with E-state index in [4.69, 9.17) is 11.6 Å². The van der Waals surface area contributed by atoms with Crippen molar-refractivity contribution >= 4 is 23.0 Å². The van der Waals surface area contributed by atoms with Gasteiger partial charge in [0, 0.05) is 19.8 Å². The average molecular weight is 299 g/mol. The first kappa shape index (κ1) is 14.3. The predicted octanol–water partition coefficient (Wildman–Crippen LogP) is 2.78. The van der Waals surface area contributed by atoms with Crippen LogP contribution in [0.2, 0.25) is 5.02 Å². The van der Waals surface area contributed by atoms with Crippen molar-refractivity contribution < 1.29 is 9.31 Å². The van der Waals surface area contributed by atoms with Gasteiger partial charge in [-0.15, -0.1) is 0 Å². The molecule has 0 aliphatic carbocycles. The molecule has 1 heterocycles. The molecule has 0 unspecified atom stereocenters. The molecule has 20 heavy (non-hydrogen) atoms. The highest BCUT2D eigenvalue weighted by molar-refractivity contribution is 6.31. The number of hydrogen-bond donors (Lipinski definition) is 1. The van der Waals surface area contributed by atoms with Crippen LogP contribution in [0.5, 0.6) is 0 Å². The van der Waals surface area contributed by atoms with E-state index in [1.54, 1.807) is 10.9 Å². The Morgan fingerprint density at radius 3 is 2.90 bits per heavy atom. The lowest BCUT2D eigenvalue weighted by Crippen LogP contribution is -2.07. The van der Waals surface area contributed by atoms with E-state index in [1.807, 2.05) is 13.2 Å². The van der Waals surface area contributed by atoms with Gasteiger partial charge in [0.15, 0.2) is 0 Å². The van der Waals surface area contributed by atoms with Crippen LogP contribution in [0.3, 0.4) is 0 Å². The first-order valence-corrected chi connectivity index (χ1v) is 6.20. The Hall–Kier alpha value is -2.15. The molecule has 0 radical (unpaired) electrons. The average Bonchev–Trinajstić information content (AvgIpc) is 2.79. The number of aryl methyl sites for hydroxylation is 1. The number of anilines is 1. The van der Waals surface area contributed by atoms with Gasteiger partial charge in [-0.05, 0) is 18.1 Å². The fraction of sp³-hybridized carbons (Fsp3) is 0.250. The Labute approximate surface area is 119 Å². The minimum atomic E-state index is -0.809. The molecule has 0 saturated carbocycles. The van der Waals surface area contributed by atoms with Gasteiger partial charge in [0.1, 0.15) is 11.5 Å². The van der Waals surface area contributed by atoms with Crippen LogP contribution in [0.15, 0.2) is 24.5 Å². The Balaban J connectivity index is 2.08. The third-order valence-electron chi connectivity index (χ3n) is 2.72. The summed E-state index contributed by atoms with van der Waals surface area (Å²) in [5, 5.41) is 17.6. The number of halogens is 2. The third kappa shape index (κ3) is 3.24. The van der Waals surface area contributed by atoms with Crippen LogP contribution in [0, 0.1) is 15.9 Å². The lowest BCUT2D eigenvalue weighted by Gasteiger charge is -2.07. The summed E-state index contributed by atoms with van der Waals surface area (Å²) in [6, 6.07) is 2.03. The van der Waals surface area contributed by atoms with Crippen molar-refractivity contribution in [1.29, 1.82) is 0 Å². The van der Waals surface area contributed by atoms with Crippen LogP contribution in [-0.2, 0) is 13.5 Å². The number of nitrogens with zero attached hydrogens (tertiary/aromatic N) is 3. The monoisotopic (exact) mass is 298 g/mol. The Kier molecular flexibility index (Phi) is 4.19. The maximum absolute atomic E-state index is 13.2. The summed E-state index contributed by atoms with van der Waals surface area (Å²) in [6.07, 6.45) is 4.21. The number of hydrogen-bond acceptors (Lipinski definition) is 4. The van der Waals surface area contributed by atoms with Gasteiger partial charge < -0.3 is 5.32 Å². The largest absolute Gasteiger partial charge is 0.379 e. The van der Waals surface area contributed by atoms with Gasteiger partial charge >= 0.3 is 0 Å². The van der Waals surface area contributed by atoms with Crippen molar-refractivity contribution in [3.63, 3.8) is 0 Å². The molecule has 0 aliphatic rings. The lowest BCUT2D eigenvalue weighted by atomic mass is 10.2.